The van der Waals surface area contributed by atoms with Crippen molar-refractivity contribution < 1.29 is 15.3 Å². The summed E-state index contributed by atoms with van der Waals surface area (Å²) in [6.07, 6.45) is 1.88. The average molecular weight is 232 g/mol. The molecule has 0 saturated heterocycles. The highest BCUT2D eigenvalue weighted by Gasteiger charge is 2.35. The molecular formula is C13H28O3. The lowest BCUT2D eigenvalue weighted by atomic mass is 9.76. The van der Waals surface area contributed by atoms with Crippen molar-refractivity contribution in [3.63, 3.8) is 0 Å². The molecular weight excluding hydrogens is 204 g/mol. The molecule has 4 atom stereocenters. The number of hydrogen-bond acceptors (Lipinski definition) is 3. The van der Waals surface area contributed by atoms with E-state index < -0.39 is 17.3 Å². The number of rotatable bonds is 7. The fraction of sp³-hybridized carbons (Fsp3) is 1.00. The van der Waals surface area contributed by atoms with Gasteiger partial charge in [-0.05, 0) is 52.4 Å². The predicted octanol–water partition coefficient (Wildman–Crippen LogP) is 2.09. The van der Waals surface area contributed by atoms with Gasteiger partial charge in [-0.15, -0.1) is 0 Å². The van der Waals surface area contributed by atoms with Crippen molar-refractivity contribution in [3.8, 4) is 0 Å². The Bertz CT molecular complexity index is 197. The van der Waals surface area contributed by atoms with E-state index in [2.05, 4.69) is 0 Å². The maximum absolute atomic E-state index is 10.3. The fourth-order valence-corrected chi connectivity index (χ4v) is 1.93. The molecule has 0 amide bonds. The van der Waals surface area contributed by atoms with E-state index in [-0.39, 0.29) is 5.92 Å². The van der Waals surface area contributed by atoms with Crippen LogP contribution in [0.1, 0.15) is 60.3 Å². The molecule has 16 heavy (non-hydrogen) atoms. The molecule has 0 heterocycles. The van der Waals surface area contributed by atoms with Crippen LogP contribution >= 0.6 is 0 Å². The molecule has 4 unspecified atom stereocenters. The maximum atomic E-state index is 10.3. The quantitative estimate of drug-likeness (QED) is 0.630. The summed E-state index contributed by atoms with van der Waals surface area (Å²) < 4.78 is 0. The van der Waals surface area contributed by atoms with Gasteiger partial charge in [0.25, 0.3) is 0 Å². The minimum absolute atomic E-state index is 0.0764. The Morgan fingerprint density at radius 2 is 1.56 bits per heavy atom. The molecule has 0 saturated carbocycles. The second-order valence-electron chi connectivity index (χ2n) is 5.55. The number of hydrogen-bond donors (Lipinski definition) is 3. The molecule has 0 aliphatic heterocycles. The van der Waals surface area contributed by atoms with E-state index in [1.165, 1.54) is 0 Å². The van der Waals surface area contributed by atoms with Crippen molar-refractivity contribution in [1.82, 2.24) is 0 Å². The van der Waals surface area contributed by atoms with Crippen LogP contribution in [0.15, 0.2) is 0 Å². The highest BCUT2D eigenvalue weighted by Crippen LogP contribution is 2.33. The van der Waals surface area contributed by atoms with E-state index in [4.69, 9.17) is 0 Å². The fourth-order valence-electron chi connectivity index (χ4n) is 1.93. The molecule has 0 radical (unpaired) electrons. The SMILES string of the molecule is CCC(C)(O)CC(CC(C)O)C(C)(O)CC. The normalized spacial score (nSPS) is 23.2. The number of aliphatic hydroxyl groups is 3. The second kappa shape index (κ2) is 5.99. The summed E-state index contributed by atoms with van der Waals surface area (Å²) in [6.45, 7) is 9.15. The zero-order chi connectivity index (χ0) is 13.0. The Labute approximate surface area is 99.5 Å². The van der Waals surface area contributed by atoms with Crippen LogP contribution in [0.5, 0.6) is 0 Å². The molecule has 0 rings (SSSR count). The molecule has 0 fully saturated rings. The standard InChI is InChI=1S/C13H28O3/c1-6-12(4,15)9-11(8-10(3)14)13(5,16)7-2/h10-11,14-16H,6-9H2,1-5H3. The molecule has 0 aromatic rings. The van der Waals surface area contributed by atoms with Crippen LogP contribution < -0.4 is 0 Å². The van der Waals surface area contributed by atoms with Crippen molar-refractivity contribution in [1.29, 1.82) is 0 Å². The monoisotopic (exact) mass is 232 g/mol. The van der Waals surface area contributed by atoms with E-state index in [0.29, 0.717) is 25.7 Å². The van der Waals surface area contributed by atoms with Gasteiger partial charge in [-0.25, -0.2) is 0 Å². The van der Waals surface area contributed by atoms with Gasteiger partial charge in [0.15, 0.2) is 0 Å². The summed E-state index contributed by atoms with van der Waals surface area (Å²) in [7, 11) is 0. The van der Waals surface area contributed by atoms with Gasteiger partial charge in [0.05, 0.1) is 17.3 Å². The Morgan fingerprint density at radius 1 is 1.06 bits per heavy atom. The molecule has 0 aliphatic rings. The molecule has 0 aromatic heterocycles. The summed E-state index contributed by atoms with van der Waals surface area (Å²) in [4.78, 5) is 0. The first-order chi connectivity index (χ1) is 7.14. The van der Waals surface area contributed by atoms with Gasteiger partial charge in [-0.2, -0.15) is 0 Å². The highest BCUT2D eigenvalue weighted by atomic mass is 16.3. The van der Waals surface area contributed by atoms with Crippen LogP contribution in [0.2, 0.25) is 0 Å². The molecule has 0 aromatic carbocycles. The van der Waals surface area contributed by atoms with Gasteiger partial charge < -0.3 is 15.3 Å². The lowest BCUT2D eigenvalue weighted by Gasteiger charge is -2.37. The average Bonchev–Trinajstić information content (AvgIpc) is 2.16. The second-order valence-corrected chi connectivity index (χ2v) is 5.55. The third-order valence-corrected chi connectivity index (χ3v) is 3.67. The first kappa shape index (κ1) is 15.9. The van der Waals surface area contributed by atoms with Crippen LogP contribution in [0.25, 0.3) is 0 Å². The first-order valence-corrected chi connectivity index (χ1v) is 6.27. The summed E-state index contributed by atoms with van der Waals surface area (Å²) in [5.41, 5.74) is -1.59. The third kappa shape index (κ3) is 5.28. The van der Waals surface area contributed by atoms with Crippen LogP contribution in [-0.4, -0.2) is 32.6 Å². The minimum atomic E-state index is -0.823. The molecule has 0 spiro atoms. The minimum Gasteiger partial charge on any atom is -0.393 e. The zero-order valence-corrected chi connectivity index (χ0v) is 11.3. The van der Waals surface area contributed by atoms with E-state index >= 15 is 0 Å². The van der Waals surface area contributed by atoms with Crippen LogP contribution in [-0.2, 0) is 0 Å². The molecule has 0 bridgehead atoms. The van der Waals surface area contributed by atoms with Gasteiger partial charge in [-0.1, -0.05) is 13.8 Å². The summed E-state index contributed by atoms with van der Waals surface area (Å²) in [5.74, 6) is -0.0764. The van der Waals surface area contributed by atoms with Crippen LogP contribution in [0.3, 0.4) is 0 Å². The van der Waals surface area contributed by atoms with Gasteiger partial charge in [-0.3, -0.25) is 0 Å². The van der Waals surface area contributed by atoms with Crippen molar-refractivity contribution >= 4 is 0 Å². The molecule has 98 valence electrons. The van der Waals surface area contributed by atoms with E-state index in [1.807, 2.05) is 13.8 Å². The molecule has 3 N–H and O–H groups in total. The van der Waals surface area contributed by atoms with Gasteiger partial charge >= 0.3 is 0 Å². The van der Waals surface area contributed by atoms with Crippen molar-refractivity contribution in [2.75, 3.05) is 0 Å². The predicted molar refractivity (Wildman–Crippen MR) is 66.2 cm³/mol. The van der Waals surface area contributed by atoms with Gasteiger partial charge in [0.2, 0.25) is 0 Å². The third-order valence-electron chi connectivity index (χ3n) is 3.67. The Hall–Kier alpha value is -0.120. The van der Waals surface area contributed by atoms with Crippen LogP contribution in [0.4, 0.5) is 0 Å². The van der Waals surface area contributed by atoms with Crippen molar-refractivity contribution in [2.24, 2.45) is 5.92 Å². The van der Waals surface area contributed by atoms with Gasteiger partial charge in [0.1, 0.15) is 0 Å². The van der Waals surface area contributed by atoms with E-state index in [9.17, 15) is 15.3 Å². The summed E-state index contributed by atoms with van der Waals surface area (Å²) >= 11 is 0. The Balaban J connectivity index is 4.68. The summed E-state index contributed by atoms with van der Waals surface area (Å²) in [5, 5.41) is 29.8. The van der Waals surface area contributed by atoms with Crippen molar-refractivity contribution in [2.45, 2.75) is 77.6 Å². The van der Waals surface area contributed by atoms with E-state index in [1.54, 1.807) is 20.8 Å². The Kier molecular flexibility index (Phi) is 5.94. The first-order valence-electron chi connectivity index (χ1n) is 6.27. The van der Waals surface area contributed by atoms with Crippen LogP contribution in [0, 0.1) is 5.92 Å². The smallest absolute Gasteiger partial charge is 0.0647 e. The molecule has 3 nitrogen and oxygen atoms in total. The van der Waals surface area contributed by atoms with Crippen molar-refractivity contribution in [3.05, 3.63) is 0 Å². The maximum Gasteiger partial charge on any atom is 0.0647 e. The topological polar surface area (TPSA) is 60.7 Å². The lowest BCUT2D eigenvalue weighted by Crippen LogP contribution is -2.41. The largest absolute Gasteiger partial charge is 0.393 e. The zero-order valence-electron chi connectivity index (χ0n) is 11.3. The highest BCUT2D eigenvalue weighted by molar-refractivity contribution is 4.87. The number of aliphatic hydroxyl groups excluding tert-OH is 1. The Morgan fingerprint density at radius 3 is 1.88 bits per heavy atom. The molecule has 3 heteroatoms. The van der Waals surface area contributed by atoms with Gasteiger partial charge in [0, 0.05) is 0 Å². The van der Waals surface area contributed by atoms with E-state index in [0.717, 1.165) is 0 Å². The lowest BCUT2D eigenvalue weighted by molar-refractivity contribution is -0.0660. The molecule has 0 aliphatic carbocycles. The summed E-state index contributed by atoms with van der Waals surface area (Å²) in [6, 6.07) is 0.